The smallest absolute Gasteiger partial charge is 0.156 e. The van der Waals surface area contributed by atoms with Gasteiger partial charge in [0.1, 0.15) is 23.6 Å². The molecule has 0 saturated carbocycles. The number of nitrogens with one attached hydrogen (secondary N) is 1. The topological polar surface area (TPSA) is 71.1 Å². The molecule has 3 aromatic rings. The molecule has 4 rings (SSSR count). The first-order chi connectivity index (χ1) is 10.4. The van der Waals surface area contributed by atoms with Crippen LogP contribution in [0.5, 0.6) is 0 Å². The van der Waals surface area contributed by atoms with Crippen molar-refractivity contribution >= 4 is 34.0 Å². The van der Waals surface area contributed by atoms with E-state index in [1.807, 2.05) is 12.1 Å². The second kappa shape index (κ2) is 4.82. The van der Waals surface area contributed by atoms with Crippen LogP contribution in [-0.4, -0.2) is 47.5 Å². The fraction of sp³-hybridized carbons (Fsp3) is 0.267. The van der Waals surface area contributed by atoms with Crippen LogP contribution < -0.4 is 4.90 Å². The monoisotopic (exact) mass is 282 g/mol. The van der Waals surface area contributed by atoms with Gasteiger partial charge in [-0.15, -0.1) is 0 Å². The van der Waals surface area contributed by atoms with Crippen LogP contribution in [0.1, 0.15) is 10.4 Å². The minimum absolute atomic E-state index is 0.648. The maximum Gasteiger partial charge on any atom is 0.156 e. The molecule has 0 bridgehead atoms. The lowest BCUT2D eigenvalue weighted by Gasteiger charge is -2.27. The van der Waals surface area contributed by atoms with Crippen molar-refractivity contribution in [2.24, 2.45) is 0 Å². The van der Waals surface area contributed by atoms with E-state index in [0.717, 1.165) is 47.1 Å². The molecule has 1 aliphatic heterocycles. The van der Waals surface area contributed by atoms with Crippen molar-refractivity contribution in [3.05, 3.63) is 30.1 Å². The molecule has 1 aromatic carbocycles. The summed E-state index contributed by atoms with van der Waals surface area (Å²) in [5.74, 6) is 0.896. The van der Waals surface area contributed by atoms with Gasteiger partial charge in [-0.3, -0.25) is 4.79 Å². The van der Waals surface area contributed by atoms with Crippen molar-refractivity contribution in [2.45, 2.75) is 0 Å². The number of hydrogen-bond acceptors (Lipinski definition) is 5. The summed E-state index contributed by atoms with van der Waals surface area (Å²) >= 11 is 0. The predicted octanol–water partition coefficient (Wildman–Crippen LogP) is 1.76. The Balaban J connectivity index is 1.94. The van der Waals surface area contributed by atoms with Crippen LogP contribution in [0.2, 0.25) is 0 Å². The molecule has 1 aliphatic rings. The second-order valence-electron chi connectivity index (χ2n) is 5.07. The third-order valence-corrected chi connectivity index (χ3v) is 3.83. The van der Waals surface area contributed by atoms with Crippen LogP contribution in [0, 0.1) is 0 Å². The molecular weight excluding hydrogens is 268 g/mol. The summed E-state index contributed by atoms with van der Waals surface area (Å²) in [5.41, 5.74) is 3.38. The Labute approximate surface area is 120 Å². The number of ether oxygens (including phenoxy) is 1. The van der Waals surface area contributed by atoms with Crippen LogP contribution in [0.4, 0.5) is 5.82 Å². The third-order valence-electron chi connectivity index (χ3n) is 3.83. The average Bonchev–Trinajstić information content (AvgIpc) is 2.93. The maximum absolute atomic E-state index is 11.0. The van der Waals surface area contributed by atoms with Crippen LogP contribution >= 0.6 is 0 Å². The summed E-state index contributed by atoms with van der Waals surface area (Å²) in [6, 6.07) is 5.56. The lowest BCUT2D eigenvalue weighted by Crippen LogP contribution is -2.36. The standard InChI is InChI=1S/C15H14N4O2/c20-8-10-1-2-12-11(7-10)13-14(18-12)15(17-9-16-13)19-3-5-21-6-4-19/h1-2,7-9,18H,3-6H2. The molecule has 0 atom stereocenters. The van der Waals surface area contributed by atoms with E-state index in [0.29, 0.717) is 18.8 Å². The number of aromatic nitrogens is 3. The average molecular weight is 282 g/mol. The minimum Gasteiger partial charge on any atom is -0.378 e. The molecule has 106 valence electrons. The van der Waals surface area contributed by atoms with Crippen LogP contribution in [0.3, 0.4) is 0 Å². The lowest BCUT2D eigenvalue weighted by molar-refractivity contribution is 0.112. The van der Waals surface area contributed by atoms with Gasteiger partial charge >= 0.3 is 0 Å². The molecule has 0 aliphatic carbocycles. The highest BCUT2D eigenvalue weighted by Crippen LogP contribution is 2.29. The number of aromatic amines is 1. The molecule has 1 fully saturated rings. The zero-order valence-corrected chi connectivity index (χ0v) is 11.4. The Bertz CT molecular complexity index is 821. The molecule has 6 nitrogen and oxygen atoms in total. The van der Waals surface area contributed by atoms with Gasteiger partial charge in [-0.25, -0.2) is 9.97 Å². The Morgan fingerprint density at radius 3 is 2.90 bits per heavy atom. The molecule has 6 heteroatoms. The van der Waals surface area contributed by atoms with E-state index in [1.165, 1.54) is 0 Å². The zero-order chi connectivity index (χ0) is 14.2. The number of H-pyrrole nitrogens is 1. The largest absolute Gasteiger partial charge is 0.378 e. The van der Waals surface area contributed by atoms with Gasteiger partial charge in [0, 0.05) is 29.6 Å². The predicted molar refractivity (Wildman–Crippen MR) is 79.8 cm³/mol. The maximum atomic E-state index is 11.0. The van der Waals surface area contributed by atoms with E-state index in [-0.39, 0.29) is 0 Å². The number of aldehydes is 1. The van der Waals surface area contributed by atoms with Gasteiger partial charge in [-0.2, -0.15) is 0 Å². The molecule has 1 saturated heterocycles. The van der Waals surface area contributed by atoms with E-state index < -0.39 is 0 Å². The molecule has 3 heterocycles. The van der Waals surface area contributed by atoms with Crippen LogP contribution in [0.15, 0.2) is 24.5 Å². The molecule has 0 unspecified atom stereocenters. The van der Waals surface area contributed by atoms with Gasteiger partial charge in [0.2, 0.25) is 0 Å². The number of anilines is 1. The fourth-order valence-corrected chi connectivity index (χ4v) is 2.79. The van der Waals surface area contributed by atoms with Crippen molar-refractivity contribution in [1.82, 2.24) is 15.0 Å². The highest BCUT2D eigenvalue weighted by atomic mass is 16.5. The Kier molecular flexibility index (Phi) is 2.82. The first-order valence-electron chi connectivity index (χ1n) is 6.91. The molecule has 1 N–H and O–H groups in total. The zero-order valence-electron chi connectivity index (χ0n) is 11.4. The van der Waals surface area contributed by atoms with Crippen molar-refractivity contribution in [3.63, 3.8) is 0 Å². The molecule has 0 spiro atoms. The Morgan fingerprint density at radius 2 is 2.10 bits per heavy atom. The number of fused-ring (bicyclic) bond motifs is 3. The van der Waals surface area contributed by atoms with Gasteiger partial charge in [0.25, 0.3) is 0 Å². The summed E-state index contributed by atoms with van der Waals surface area (Å²) in [5, 5.41) is 0.950. The summed E-state index contributed by atoms with van der Waals surface area (Å²) < 4.78 is 5.39. The van der Waals surface area contributed by atoms with E-state index in [2.05, 4.69) is 19.9 Å². The van der Waals surface area contributed by atoms with E-state index >= 15 is 0 Å². The Hall–Kier alpha value is -2.47. The molecule has 0 radical (unpaired) electrons. The summed E-state index contributed by atoms with van der Waals surface area (Å²) in [4.78, 5) is 25.3. The van der Waals surface area contributed by atoms with Gasteiger partial charge in [-0.05, 0) is 18.2 Å². The molecule has 0 amide bonds. The van der Waals surface area contributed by atoms with Crippen molar-refractivity contribution in [2.75, 3.05) is 31.2 Å². The number of rotatable bonds is 2. The van der Waals surface area contributed by atoms with Gasteiger partial charge in [-0.1, -0.05) is 0 Å². The third kappa shape index (κ3) is 1.95. The normalized spacial score (nSPS) is 15.7. The first kappa shape index (κ1) is 12.3. The van der Waals surface area contributed by atoms with E-state index in [9.17, 15) is 4.79 Å². The molecular formula is C15H14N4O2. The van der Waals surface area contributed by atoms with E-state index in [4.69, 9.17) is 4.74 Å². The molecule has 21 heavy (non-hydrogen) atoms. The number of nitrogens with zero attached hydrogens (tertiary/aromatic N) is 3. The van der Waals surface area contributed by atoms with Crippen LogP contribution in [-0.2, 0) is 4.74 Å². The number of carbonyl (C=O) groups excluding carboxylic acids is 1. The number of hydrogen-bond donors (Lipinski definition) is 1. The number of carbonyl (C=O) groups is 1. The van der Waals surface area contributed by atoms with Crippen LogP contribution in [0.25, 0.3) is 21.9 Å². The Morgan fingerprint density at radius 1 is 1.24 bits per heavy atom. The van der Waals surface area contributed by atoms with Crippen molar-refractivity contribution in [1.29, 1.82) is 0 Å². The lowest BCUT2D eigenvalue weighted by atomic mass is 10.1. The summed E-state index contributed by atoms with van der Waals surface area (Å²) in [6.45, 7) is 3.06. The van der Waals surface area contributed by atoms with Crippen molar-refractivity contribution in [3.8, 4) is 0 Å². The van der Waals surface area contributed by atoms with Gasteiger partial charge < -0.3 is 14.6 Å². The SMILES string of the molecule is O=Cc1ccc2[nH]c3c(N4CCOCC4)ncnc3c2c1. The van der Waals surface area contributed by atoms with Gasteiger partial charge in [0.05, 0.1) is 13.2 Å². The number of benzene rings is 1. The van der Waals surface area contributed by atoms with Crippen molar-refractivity contribution < 1.29 is 9.53 Å². The molecule has 2 aromatic heterocycles. The summed E-state index contributed by atoms with van der Waals surface area (Å²) in [6.07, 6.45) is 2.43. The van der Waals surface area contributed by atoms with Gasteiger partial charge in [0.15, 0.2) is 5.82 Å². The minimum atomic E-state index is 0.648. The van der Waals surface area contributed by atoms with E-state index in [1.54, 1.807) is 12.4 Å². The fourth-order valence-electron chi connectivity index (χ4n) is 2.79. The highest BCUT2D eigenvalue weighted by Gasteiger charge is 2.18. The first-order valence-corrected chi connectivity index (χ1v) is 6.91. The second-order valence-corrected chi connectivity index (χ2v) is 5.07. The number of morpholine rings is 1. The highest BCUT2D eigenvalue weighted by molar-refractivity contribution is 6.09. The summed E-state index contributed by atoms with van der Waals surface area (Å²) in [7, 11) is 0. The quantitative estimate of drug-likeness (QED) is 0.725.